The van der Waals surface area contributed by atoms with Crippen molar-refractivity contribution in [3.63, 3.8) is 0 Å². The first-order valence-corrected chi connectivity index (χ1v) is 11.4. The topological polar surface area (TPSA) is 71.6 Å². The molecule has 0 saturated carbocycles. The van der Waals surface area contributed by atoms with Crippen LogP contribution in [0.25, 0.3) is 11.3 Å². The van der Waals surface area contributed by atoms with Gasteiger partial charge in [0.2, 0.25) is 0 Å². The summed E-state index contributed by atoms with van der Waals surface area (Å²) in [7, 11) is 0. The van der Waals surface area contributed by atoms with Gasteiger partial charge in [0.1, 0.15) is 5.69 Å². The van der Waals surface area contributed by atoms with Crippen molar-refractivity contribution in [2.45, 2.75) is 13.5 Å². The van der Waals surface area contributed by atoms with Gasteiger partial charge in [0, 0.05) is 37.9 Å². The van der Waals surface area contributed by atoms with Gasteiger partial charge in [0.05, 0.1) is 18.4 Å². The third-order valence-corrected chi connectivity index (χ3v) is 6.09. The SMILES string of the molecule is Cc1ccc(-c2nn(Cc3ccccc3)cc2C(=O)N2CCN(C(=O)c3ccco3)CC2)cc1. The Bertz CT molecular complexity index is 1270. The second-order valence-electron chi connectivity index (χ2n) is 8.50. The van der Waals surface area contributed by atoms with Gasteiger partial charge in [-0.3, -0.25) is 14.3 Å². The fraction of sp³-hybridized carbons (Fsp3) is 0.222. The number of carbonyl (C=O) groups is 2. The van der Waals surface area contributed by atoms with Crippen LogP contribution in [-0.4, -0.2) is 57.6 Å². The van der Waals surface area contributed by atoms with Crippen LogP contribution >= 0.6 is 0 Å². The number of rotatable bonds is 5. The van der Waals surface area contributed by atoms with E-state index >= 15 is 0 Å². The summed E-state index contributed by atoms with van der Waals surface area (Å²) in [5.41, 5.74) is 4.43. The van der Waals surface area contributed by atoms with Crippen LogP contribution in [0.2, 0.25) is 0 Å². The molecule has 5 rings (SSSR count). The molecule has 1 aliphatic rings. The second kappa shape index (κ2) is 9.39. The summed E-state index contributed by atoms with van der Waals surface area (Å²) < 4.78 is 7.06. The number of aryl methyl sites for hydroxylation is 1. The maximum atomic E-state index is 13.6. The molecule has 3 heterocycles. The first-order chi connectivity index (χ1) is 16.6. The van der Waals surface area contributed by atoms with E-state index in [1.54, 1.807) is 21.9 Å². The summed E-state index contributed by atoms with van der Waals surface area (Å²) in [6.45, 7) is 4.46. The summed E-state index contributed by atoms with van der Waals surface area (Å²) in [5.74, 6) is 0.108. The van der Waals surface area contributed by atoms with Crippen molar-refractivity contribution < 1.29 is 14.0 Å². The lowest BCUT2D eigenvalue weighted by Crippen LogP contribution is -2.50. The van der Waals surface area contributed by atoms with Gasteiger partial charge < -0.3 is 14.2 Å². The molecule has 7 nitrogen and oxygen atoms in total. The molecule has 1 fully saturated rings. The Kier molecular flexibility index (Phi) is 5.99. The minimum Gasteiger partial charge on any atom is -0.459 e. The van der Waals surface area contributed by atoms with Crippen LogP contribution in [0, 0.1) is 6.92 Å². The van der Waals surface area contributed by atoms with Gasteiger partial charge in [-0.25, -0.2) is 0 Å². The molecular formula is C27H26N4O3. The van der Waals surface area contributed by atoms with E-state index in [9.17, 15) is 9.59 Å². The van der Waals surface area contributed by atoms with Gasteiger partial charge in [0.25, 0.3) is 11.8 Å². The molecule has 172 valence electrons. The predicted molar refractivity (Wildman–Crippen MR) is 128 cm³/mol. The van der Waals surface area contributed by atoms with E-state index < -0.39 is 0 Å². The van der Waals surface area contributed by atoms with E-state index in [-0.39, 0.29) is 11.8 Å². The Hall–Kier alpha value is -4.13. The van der Waals surface area contributed by atoms with Crippen molar-refractivity contribution in [3.05, 3.63) is 102 Å². The smallest absolute Gasteiger partial charge is 0.289 e. The van der Waals surface area contributed by atoms with Gasteiger partial charge in [-0.15, -0.1) is 0 Å². The largest absolute Gasteiger partial charge is 0.459 e. The van der Waals surface area contributed by atoms with Crippen LogP contribution in [0.3, 0.4) is 0 Å². The van der Waals surface area contributed by atoms with Crippen LogP contribution < -0.4 is 0 Å². The molecule has 4 aromatic rings. The minimum atomic E-state index is -0.145. The maximum Gasteiger partial charge on any atom is 0.289 e. The molecule has 2 aromatic heterocycles. The quantitative estimate of drug-likeness (QED) is 0.455. The molecule has 2 amide bonds. The lowest BCUT2D eigenvalue weighted by molar-refractivity contribution is 0.0518. The van der Waals surface area contributed by atoms with Crippen molar-refractivity contribution in [1.29, 1.82) is 0 Å². The molecule has 0 spiro atoms. The Labute approximate surface area is 198 Å². The third kappa shape index (κ3) is 4.50. The van der Waals surface area contributed by atoms with E-state index in [0.717, 1.165) is 16.7 Å². The number of amides is 2. The molecule has 0 N–H and O–H groups in total. The zero-order valence-electron chi connectivity index (χ0n) is 19.1. The second-order valence-corrected chi connectivity index (χ2v) is 8.50. The predicted octanol–water partition coefficient (Wildman–Crippen LogP) is 4.10. The minimum absolute atomic E-state index is 0.0695. The van der Waals surface area contributed by atoms with Gasteiger partial charge >= 0.3 is 0 Å². The van der Waals surface area contributed by atoms with Crippen molar-refractivity contribution >= 4 is 11.8 Å². The Morgan fingerprint density at radius 2 is 1.53 bits per heavy atom. The van der Waals surface area contributed by atoms with Crippen molar-refractivity contribution in [2.75, 3.05) is 26.2 Å². The molecule has 34 heavy (non-hydrogen) atoms. The number of nitrogens with zero attached hydrogens (tertiary/aromatic N) is 4. The lowest BCUT2D eigenvalue weighted by Gasteiger charge is -2.34. The summed E-state index contributed by atoms with van der Waals surface area (Å²) in [6, 6.07) is 21.5. The Morgan fingerprint density at radius 3 is 2.18 bits per heavy atom. The number of hydrogen-bond donors (Lipinski definition) is 0. The van der Waals surface area contributed by atoms with Crippen LogP contribution in [-0.2, 0) is 6.54 Å². The van der Waals surface area contributed by atoms with E-state index in [2.05, 4.69) is 0 Å². The highest BCUT2D eigenvalue weighted by atomic mass is 16.3. The first-order valence-electron chi connectivity index (χ1n) is 11.4. The van der Waals surface area contributed by atoms with Gasteiger partial charge in [-0.05, 0) is 24.6 Å². The number of benzene rings is 2. The van der Waals surface area contributed by atoms with Crippen LogP contribution in [0.15, 0.2) is 83.6 Å². The molecule has 1 aliphatic heterocycles. The number of piperazine rings is 1. The summed E-state index contributed by atoms with van der Waals surface area (Å²) >= 11 is 0. The average Bonchev–Trinajstić information content (AvgIpc) is 3.55. The van der Waals surface area contributed by atoms with E-state index in [1.807, 2.05) is 72.4 Å². The lowest BCUT2D eigenvalue weighted by atomic mass is 10.1. The number of carbonyl (C=O) groups excluding carboxylic acids is 2. The monoisotopic (exact) mass is 454 g/mol. The van der Waals surface area contributed by atoms with Crippen LogP contribution in [0.1, 0.15) is 32.0 Å². The number of furan rings is 1. The van der Waals surface area contributed by atoms with Crippen molar-refractivity contribution in [3.8, 4) is 11.3 Å². The number of aromatic nitrogens is 2. The van der Waals surface area contributed by atoms with E-state index in [4.69, 9.17) is 9.52 Å². The number of hydrogen-bond acceptors (Lipinski definition) is 4. The molecular weight excluding hydrogens is 428 g/mol. The average molecular weight is 455 g/mol. The van der Waals surface area contributed by atoms with Crippen molar-refractivity contribution in [2.24, 2.45) is 0 Å². The normalized spacial score (nSPS) is 13.8. The zero-order chi connectivity index (χ0) is 23.5. The highest BCUT2D eigenvalue weighted by Crippen LogP contribution is 2.25. The van der Waals surface area contributed by atoms with E-state index in [1.165, 1.54) is 6.26 Å². The molecule has 0 unspecified atom stereocenters. The highest BCUT2D eigenvalue weighted by Gasteiger charge is 2.29. The summed E-state index contributed by atoms with van der Waals surface area (Å²) in [5, 5.41) is 4.79. The molecule has 7 heteroatoms. The molecule has 2 aromatic carbocycles. The Balaban J connectivity index is 1.37. The highest BCUT2D eigenvalue weighted by molar-refractivity contribution is 6.00. The molecule has 0 aliphatic carbocycles. The summed E-state index contributed by atoms with van der Waals surface area (Å²) in [6.07, 6.45) is 3.33. The van der Waals surface area contributed by atoms with Gasteiger partial charge in [-0.2, -0.15) is 5.10 Å². The zero-order valence-corrected chi connectivity index (χ0v) is 19.1. The first kappa shape index (κ1) is 21.7. The molecule has 1 saturated heterocycles. The summed E-state index contributed by atoms with van der Waals surface area (Å²) in [4.78, 5) is 29.7. The molecule has 0 radical (unpaired) electrons. The van der Waals surface area contributed by atoms with Crippen LogP contribution in [0.5, 0.6) is 0 Å². The fourth-order valence-electron chi connectivity index (χ4n) is 4.19. The third-order valence-electron chi connectivity index (χ3n) is 6.09. The molecule has 0 atom stereocenters. The molecule has 0 bridgehead atoms. The van der Waals surface area contributed by atoms with Gasteiger partial charge in [0.15, 0.2) is 5.76 Å². The standard InChI is InChI=1S/C27H26N4O3/c1-20-9-11-22(12-10-20)25-23(19-31(28-25)18-21-6-3-2-4-7-21)26(32)29-13-15-30(16-14-29)27(33)24-8-5-17-34-24/h2-12,17,19H,13-16,18H2,1H3. The van der Waals surface area contributed by atoms with E-state index in [0.29, 0.717) is 49.7 Å². The maximum absolute atomic E-state index is 13.6. The van der Waals surface area contributed by atoms with Crippen LogP contribution in [0.4, 0.5) is 0 Å². The fourth-order valence-corrected chi connectivity index (χ4v) is 4.19. The van der Waals surface area contributed by atoms with Gasteiger partial charge in [-0.1, -0.05) is 60.2 Å². The Morgan fingerprint density at radius 1 is 0.853 bits per heavy atom. The van der Waals surface area contributed by atoms with Crippen molar-refractivity contribution in [1.82, 2.24) is 19.6 Å².